The third-order valence-electron chi connectivity index (χ3n) is 3.69. The minimum atomic E-state index is -3.67. The van der Waals surface area contributed by atoms with E-state index < -0.39 is 23.1 Å². The third kappa shape index (κ3) is 4.58. The molecule has 0 heterocycles. The molecule has 0 amide bonds. The van der Waals surface area contributed by atoms with E-state index in [4.69, 9.17) is 9.05 Å². The summed E-state index contributed by atoms with van der Waals surface area (Å²) >= 11 is 0. The molecule has 1 atom stereocenters. The molecule has 0 fully saturated rings. The standard InChI is InChI=1S/C16H17N2O7P/c1-3-12(2)26(23,24-15-8-4-13(5-9-15)17(19)20)25-16-10-6-14(7-11-16)18(21)22/h4-12H,3H2,1-2H3. The number of non-ortho nitro benzene ring substituents is 2. The van der Waals surface area contributed by atoms with Crippen molar-refractivity contribution in [3.8, 4) is 11.5 Å². The summed E-state index contributed by atoms with van der Waals surface area (Å²) in [6, 6.07) is 10.3. The van der Waals surface area contributed by atoms with Crippen LogP contribution in [0.1, 0.15) is 20.3 Å². The number of benzene rings is 2. The van der Waals surface area contributed by atoms with E-state index in [2.05, 4.69) is 0 Å². The Labute approximate surface area is 149 Å². The van der Waals surface area contributed by atoms with Gasteiger partial charge in [0.05, 0.1) is 15.5 Å². The summed E-state index contributed by atoms with van der Waals surface area (Å²) in [5.41, 5.74) is -0.702. The number of nitro benzene ring substituents is 2. The van der Waals surface area contributed by atoms with Gasteiger partial charge in [-0.25, -0.2) is 4.57 Å². The SMILES string of the molecule is CCC(C)P(=O)(Oc1ccc([N+](=O)[O-])cc1)Oc1ccc([N+](=O)[O-])cc1. The number of nitrogens with zero attached hydrogens (tertiary/aromatic N) is 2. The first-order valence-corrected chi connectivity index (χ1v) is 9.34. The first-order valence-electron chi connectivity index (χ1n) is 7.73. The summed E-state index contributed by atoms with van der Waals surface area (Å²) < 4.78 is 24.3. The van der Waals surface area contributed by atoms with Crippen molar-refractivity contribution in [3.63, 3.8) is 0 Å². The fourth-order valence-electron chi connectivity index (χ4n) is 1.97. The molecule has 2 rings (SSSR count). The van der Waals surface area contributed by atoms with E-state index in [0.29, 0.717) is 6.42 Å². The summed E-state index contributed by atoms with van der Waals surface area (Å²) in [5, 5.41) is 21.4. The van der Waals surface area contributed by atoms with Gasteiger partial charge in [-0.1, -0.05) is 6.92 Å². The Morgan fingerprint density at radius 2 is 1.23 bits per heavy atom. The summed E-state index contributed by atoms with van der Waals surface area (Å²) in [5.74, 6) is 0.335. The van der Waals surface area contributed by atoms with E-state index >= 15 is 0 Å². The highest BCUT2D eigenvalue weighted by Gasteiger charge is 2.35. The van der Waals surface area contributed by atoms with Crippen LogP contribution in [0.15, 0.2) is 48.5 Å². The molecule has 0 aliphatic carbocycles. The largest absolute Gasteiger partial charge is 0.433 e. The summed E-state index contributed by atoms with van der Waals surface area (Å²) in [6.07, 6.45) is 0.497. The van der Waals surface area contributed by atoms with E-state index in [9.17, 15) is 24.8 Å². The van der Waals surface area contributed by atoms with Gasteiger partial charge in [0, 0.05) is 24.3 Å². The first kappa shape index (κ1) is 19.4. The molecular weight excluding hydrogens is 363 g/mol. The highest BCUT2D eigenvalue weighted by Crippen LogP contribution is 2.53. The normalized spacial score (nSPS) is 12.2. The van der Waals surface area contributed by atoms with Crippen LogP contribution in [-0.4, -0.2) is 15.5 Å². The van der Waals surface area contributed by atoms with Gasteiger partial charge in [0.2, 0.25) is 0 Å². The van der Waals surface area contributed by atoms with Gasteiger partial charge in [0.1, 0.15) is 11.5 Å². The van der Waals surface area contributed by atoms with Crippen molar-refractivity contribution in [3.05, 3.63) is 68.8 Å². The molecule has 10 heteroatoms. The number of rotatable bonds is 8. The maximum atomic E-state index is 13.2. The fourth-order valence-corrected chi connectivity index (χ4v) is 3.65. The van der Waals surface area contributed by atoms with Gasteiger partial charge in [-0.05, 0) is 37.6 Å². The molecule has 0 saturated carbocycles. The highest BCUT2D eigenvalue weighted by molar-refractivity contribution is 7.55. The number of nitro groups is 2. The van der Waals surface area contributed by atoms with Crippen LogP contribution in [0.2, 0.25) is 0 Å². The van der Waals surface area contributed by atoms with Crippen LogP contribution in [0.3, 0.4) is 0 Å². The minimum absolute atomic E-state index is 0.119. The first-order chi connectivity index (χ1) is 12.2. The highest BCUT2D eigenvalue weighted by atomic mass is 31.2. The van der Waals surface area contributed by atoms with Crippen molar-refractivity contribution < 1.29 is 23.5 Å². The second kappa shape index (κ2) is 7.97. The van der Waals surface area contributed by atoms with E-state index in [1.54, 1.807) is 6.92 Å². The van der Waals surface area contributed by atoms with E-state index in [1.807, 2.05) is 6.92 Å². The fraction of sp³-hybridized carbons (Fsp3) is 0.250. The van der Waals surface area contributed by atoms with Crippen LogP contribution in [-0.2, 0) is 4.57 Å². The van der Waals surface area contributed by atoms with Gasteiger partial charge in [0.15, 0.2) is 0 Å². The lowest BCUT2D eigenvalue weighted by Crippen LogP contribution is -2.13. The Balaban J connectivity index is 2.25. The molecule has 0 radical (unpaired) electrons. The molecule has 0 aromatic heterocycles. The Hall–Kier alpha value is -2.93. The maximum Gasteiger partial charge on any atom is 0.433 e. The maximum absolute atomic E-state index is 13.2. The molecule has 0 N–H and O–H groups in total. The van der Waals surface area contributed by atoms with Gasteiger partial charge in [-0.15, -0.1) is 0 Å². The van der Waals surface area contributed by atoms with Crippen LogP contribution in [0.25, 0.3) is 0 Å². The topological polar surface area (TPSA) is 122 Å². The molecule has 2 aromatic carbocycles. The van der Waals surface area contributed by atoms with Gasteiger partial charge < -0.3 is 9.05 Å². The zero-order valence-electron chi connectivity index (χ0n) is 14.1. The number of hydrogen-bond acceptors (Lipinski definition) is 7. The number of hydrogen-bond donors (Lipinski definition) is 0. The summed E-state index contributed by atoms with van der Waals surface area (Å²) in [6.45, 7) is 3.51. The van der Waals surface area contributed by atoms with Crippen molar-refractivity contribution in [2.75, 3.05) is 0 Å². The third-order valence-corrected chi connectivity index (χ3v) is 6.07. The second-order valence-corrected chi connectivity index (χ2v) is 7.81. The van der Waals surface area contributed by atoms with Crippen molar-refractivity contribution in [1.29, 1.82) is 0 Å². The van der Waals surface area contributed by atoms with E-state index in [1.165, 1.54) is 48.5 Å². The molecule has 138 valence electrons. The van der Waals surface area contributed by atoms with Crippen LogP contribution in [0.4, 0.5) is 11.4 Å². The molecule has 0 spiro atoms. The zero-order valence-corrected chi connectivity index (χ0v) is 15.0. The zero-order chi connectivity index (χ0) is 19.3. The van der Waals surface area contributed by atoms with Gasteiger partial charge in [0.25, 0.3) is 11.4 Å². The Bertz CT molecular complexity index is 773. The van der Waals surface area contributed by atoms with Crippen LogP contribution in [0.5, 0.6) is 11.5 Å². The smallest absolute Gasteiger partial charge is 0.416 e. The van der Waals surface area contributed by atoms with Crippen LogP contribution < -0.4 is 9.05 Å². The molecular formula is C16H17N2O7P. The lowest BCUT2D eigenvalue weighted by molar-refractivity contribution is -0.385. The molecule has 9 nitrogen and oxygen atoms in total. The predicted molar refractivity (Wildman–Crippen MR) is 94.8 cm³/mol. The molecule has 2 aromatic rings. The molecule has 0 saturated heterocycles. The Morgan fingerprint density at radius 1 is 0.885 bits per heavy atom. The van der Waals surface area contributed by atoms with Crippen molar-refractivity contribution in [2.45, 2.75) is 25.9 Å². The molecule has 0 aliphatic rings. The van der Waals surface area contributed by atoms with Gasteiger partial charge in [-0.2, -0.15) is 0 Å². The average Bonchev–Trinajstić information content (AvgIpc) is 2.61. The second-order valence-electron chi connectivity index (χ2n) is 5.48. The molecule has 26 heavy (non-hydrogen) atoms. The summed E-state index contributed by atoms with van der Waals surface area (Å²) in [7, 11) is -3.67. The predicted octanol–water partition coefficient (Wildman–Crippen LogP) is 4.95. The monoisotopic (exact) mass is 380 g/mol. The van der Waals surface area contributed by atoms with Crippen molar-refractivity contribution >= 4 is 19.0 Å². The molecule has 1 unspecified atom stereocenters. The van der Waals surface area contributed by atoms with Crippen LogP contribution >= 0.6 is 7.60 Å². The minimum Gasteiger partial charge on any atom is -0.416 e. The average molecular weight is 380 g/mol. The lowest BCUT2D eigenvalue weighted by Gasteiger charge is -2.24. The van der Waals surface area contributed by atoms with Crippen molar-refractivity contribution in [1.82, 2.24) is 0 Å². The van der Waals surface area contributed by atoms with Crippen LogP contribution in [0, 0.1) is 20.2 Å². The van der Waals surface area contributed by atoms with Gasteiger partial charge >= 0.3 is 7.60 Å². The Morgan fingerprint density at radius 3 is 1.50 bits per heavy atom. The quantitative estimate of drug-likeness (QED) is 0.360. The summed E-state index contributed by atoms with van der Waals surface area (Å²) in [4.78, 5) is 20.3. The van der Waals surface area contributed by atoms with E-state index in [0.717, 1.165) is 0 Å². The Kier molecular flexibility index (Phi) is 5.94. The molecule has 0 aliphatic heterocycles. The molecule has 0 bridgehead atoms. The van der Waals surface area contributed by atoms with Crippen molar-refractivity contribution in [2.24, 2.45) is 0 Å². The lowest BCUT2D eigenvalue weighted by atomic mass is 10.3. The van der Waals surface area contributed by atoms with E-state index in [-0.39, 0.29) is 22.9 Å². The van der Waals surface area contributed by atoms with Gasteiger partial charge in [-0.3, -0.25) is 20.2 Å².